The minimum Gasteiger partial charge on any atom is -0.497 e. The molecule has 0 fully saturated rings. The Morgan fingerprint density at radius 3 is 2.67 bits per heavy atom. The van der Waals surface area contributed by atoms with Gasteiger partial charge in [0.2, 0.25) is 5.91 Å². The van der Waals surface area contributed by atoms with E-state index < -0.39 is 0 Å². The molecule has 5 nitrogen and oxygen atoms in total. The largest absolute Gasteiger partial charge is 0.497 e. The maximum absolute atomic E-state index is 12.5. The van der Waals surface area contributed by atoms with Crippen LogP contribution in [0.1, 0.15) is 12.5 Å². The summed E-state index contributed by atoms with van der Waals surface area (Å²) in [5.41, 5.74) is 1.74. The van der Waals surface area contributed by atoms with Crippen LogP contribution in [0, 0.1) is 5.92 Å². The van der Waals surface area contributed by atoms with E-state index in [-0.39, 0.29) is 11.8 Å². The zero-order chi connectivity index (χ0) is 16.9. The van der Waals surface area contributed by atoms with Gasteiger partial charge < -0.3 is 19.5 Å². The first-order chi connectivity index (χ1) is 11.7. The third kappa shape index (κ3) is 3.62. The van der Waals surface area contributed by atoms with Gasteiger partial charge in [-0.3, -0.25) is 4.79 Å². The molecule has 0 radical (unpaired) electrons. The smallest absolute Gasteiger partial charge is 0.231 e. The Bertz CT molecular complexity index is 712. The number of methoxy groups -OCH3 is 1. The van der Waals surface area contributed by atoms with E-state index in [1.54, 1.807) is 7.11 Å². The highest BCUT2D eigenvalue weighted by Gasteiger charge is 2.26. The van der Waals surface area contributed by atoms with Gasteiger partial charge in [-0.2, -0.15) is 0 Å². The molecule has 1 amide bonds. The fourth-order valence-corrected chi connectivity index (χ4v) is 2.71. The first kappa shape index (κ1) is 16.2. The minimum atomic E-state index is -0.226. The van der Waals surface area contributed by atoms with Crippen LogP contribution in [0.4, 0.5) is 5.69 Å². The van der Waals surface area contributed by atoms with Crippen molar-refractivity contribution in [2.45, 2.75) is 13.3 Å². The topological polar surface area (TPSA) is 56.8 Å². The fraction of sp³-hybridized carbons (Fsp3) is 0.316. The summed E-state index contributed by atoms with van der Waals surface area (Å²) in [6.45, 7) is 2.93. The van der Waals surface area contributed by atoms with E-state index in [2.05, 4.69) is 5.32 Å². The second-order valence-corrected chi connectivity index (χ2v) is 5.63. The van der Waals surface area contributed by atoms with Gasteiger partial charge in [0.25, 0.3) is 0 Å². The van der Waals surface area contributed by atoms with Gasteiger partial charge in [0.05, 0.1) is 19.6 Å². The Balaban J connectivity index is 1.65. The number of anilines is 1. The van der Waals surface area contributed by atoms with Gasteiger partial charge in [-0.15, -0.1) is 0 Å². The van der Waals surface area contributed by atoms with Gasteiger partial charge in [0.1, 0.15) is 23.9 Å². The van der Waals surface area contributed by atoms with Crippen LogP contribution < -0.4 is 19.5 Å². The molecule has 1 heterocycles. The Labute approximate surface area is 141 Å². The predicted molar refractivity (Wildman–Crippen MR) is 91.9 cm³/mol. The van der Waals surface area contributed by atoms with E-state index in [9.17, 15) is 4.79 Å². The second kappa shape index (κ2) is 7.25. The fourth-order valence-electron chi connectivity index (χ4n) is 2.71. The number of ether oxygens (including phenoxy) is 3. The van der Waals surface area contributed by atoms with Crippen LogP contribution in [-0.4, -0.2) is 26.2 Å². The number of hydrogen-bond acceptors (Lipinski definition) is 4. The Morgan fingerprint density at radius 2 is 1.96 bits per heavy atom. The second-order valence-electron chi connectivity index (χ2n) is 5.63. The molecule has 0 saturated heterocycles. The highest BCUT2D eigenvalue weighted by Crippen LogP contribution is 2.31. The maximum atomic E-state index is 12.5. The third-order valence-electron chi connectivity index (χ3n) is 3.98. The summed E-state index contributed by atoms with van der Waals surface area (Å²) in [4.78, 5) is 12.5. The van der Waals surface area contributed by atoms with Crippen LogP contribution in [0.3, 0.4) is 0 Å². The number of rotatable bonds is 5. The van der Waals surface area contributed by atoms with Crippen LogP contribution in [0.25, 0.3) is 0 Å². The minimum absolute atomic E-state index is 0.0485. The molecule has 0 spiro atoms. The van der Waals surface area contributed by atoms with Crippen LogP contribution in [-0.2, 0) is 11.2 Å². The van der Waals surface area contributed by atoms with Gasteiger partial charge in [-0.25, -0.2) is 0 Å². The van der Waals surface area contributed by atoms with Crippen molar-refractivity contribution in [3.8, 4) is 17.2 Å². The molecule has 24 heavy (non-hydrogen) atoms. The summed E-state index contributed by atoms with van der Waals surface area (Å²) in [5.74, 6) is 2.10. The van der Waals surface area contributed by atoms with Crippen molar-refractivity contribution in [1.29, 1.82) is 0 Å². The molecular weight excluding hydrogens is 306 g/mol. The highest BCUT2D eigenvalue weighted by molar-refractivity contribution is 5.93. The Hall–Kier alpha value is -2.69. The first-order valence-electron chi connectivity index (χ1n) is 8.03. The van der Waals surface area contributed by atoms with Crippen LogP contribution in [0.5, 0.6) is 17.2 Å². The summed E-state index contributed by atoms with van der Waals surface area (Å²) in [5, 5.41) is 2.93. The van der Waals surface area contributed by atoms with Crippen LogP contribution in [0.2, 0.25) is 0 Å². The van der Waals surface area contributed by atoms with E-state index in [1.165, 1.54) is 0 Å². The van der Waals surface area contributed by atoms with E-state index >= 15 is 0 Å². The normalized spacial score (nSPS) is 15.8. The molecule has 2 aromatic rings. The molecule has 0 aromatic heterocycles. The highest BCUT2D eigenvalue weighted by atomic mass is 16.5. The number of carbonyl (C=O) groups excluding carboxylic acids is 1. The van der Waals surface area contributed by atoms with Crippen molar-refractivity contribution in [3.63, 3.8) is 0 Å². The number of fused-ring (bicyclic) bond motifs is 1. The Kier molecular flexibility index (Phi) is 4.89. The van der Waals surface area contributed by atoms with Crippen LogP contribution in [0.15, 0.2) is 42.5 Å². The lowest BCUT2D eigenvalue weighted by Gasteiger charge is -2.25. The number of hydrogen-bond donors (Lipinski definition) is 1. The number of amides is 1. The quantitative estimate of drug-likeness (QED) is 0.915. The van der Waals surface area contributed by atoms with Crippen molar-refractivity contribution in [2.24, 2.45) is 5.92 Å². The van der Waals surface area contributed by atoms with E-state index in [0.717, 1.165) is 28.5 Å². The molecule has 0 bridgehead atoms. The van der Waals surface area contributed by atoms with E-state index in [0.29, 0.717) is 19.6 Å². The molecular formula is C19H21NO4. The molecule has 1 N–H and O–H groups in total. The van der Waals surface area contributed by atoms with Crippen molar-refractivity contribution >= 4 is 11.6 Å². The molecule has 1 aliphatic heterocycles. The lowest BCUT2D eigenvalue weighted by molar-refractivity contribution is -0.121. The average molecular weight is 327 g/mol. The van der Waals surface area contributed by atoms with Gasteiger partial charge in [-0.1, -0.05) is 0 Å². The summed E-state index contributed by atoms with van der Waals surface area (Å²) in [6.07, 6.45) is 0.634. The molecule has 0 aliphatic carbocycles. The summed E-state index contributed by atoms with van der Waals surface area (Å²) >= 11 is 0. The van der Waals surface area contributed by atoms with Crippen molar-refractivity contribution < 1.29 is 19.0 Å². The predicted octanol–water partition coefficient (Wildman–Crippen LogP) is 3.28. The molecule has 0 unspecified atom stereocenters. The van der Waals surface area contributed by atoms with Crippen LogP contribution >= 0.6 is 0 Å². The van der Waals surface area contributed by atoms with Crippen molar-refractivity contribution in [2.75, 3.05) is 25.6 Å². The molecule has 5 heteroatoms. The molecule has 2 aromatic carbocycles. The SMILES string of the molecule is CCOc1ccc(NC(=O)[C@H]2COc3ccc(OC)cc3C2)cc1. The maximum Gasteiger partial charge on any atom is 0.231 e. The average Bonchev–Trinajstić information content (AvgIpc) is 2.62. The zero-order valence-electron chi connectivity index (χ0n) is 13.9. The van der Waals surface area contributed by atoms with Gasteiger partial charge in [-0.05, 0) is 61.4 Å². The molecule has 126 valence electrons. The monoisotopic (exact) mass is 327 g/mol. The molecule has 1 aliphatic rings. The summed E-state index contributed by atoms with van der Waals surface area (Å²) < 4.78 is 16.3. The number of carbonyl (C=O) groups is 1. The van der Waals surface area contributed by atoms with E-state index in [1.807, 2.05) is 49.4 Å². The van der Waals surface area contributed by atoms with Gasteiger partial charge >= 0.3 is 0 Å². The van der Waals surface area contributed by atoms with Gasteiger partial charge in [0, 0.05) is 5.69 Å². The standard InChI is InChI=1S/C19H21NO4/c1-3-23-16-6-4-15(5-7-16)20-19(21)14-10-13-11-17(22-2)8-9-18(13)24-12-14/h4-9,11,14H,3,10,12H2,1-2H3,(H,20,21)/t14-/m1/s1. The number of nitrogens with one attached hydrogen (secondary N) is 1. The number of benzene rings is 2. The lowest BCUT2D eigenvalue weighted by Crippen LogP contribution is -2.32. The zero-order valence-corrected chi connectivity index (χ0v) is 13.9. The molecule has 1 atom stereocenters. The van der Waals surface area contributed by atoms with E-state index in [4.69, 9.17) is 14.2 Å². The molecule has 3 rings (SSSR count). The van der Waals surface area contributed by atoms with Crippen molar-refractivity contribution in [1.82, 2.24) is 0 Å². The molecule has 0 saturated carbocycles. The first-order valence-corrected chi connectivity index (χ1v) is 8.03. The summed E-state index contributed by atoms with van der Waals surface area (Å²) in [6, 6.07) is 13.0. The van der Waals surface area contributed by atoms with Crippen molar-refractivity contribution in [3.05, 3.63) is 48.0 Å². The third-order valence-corrected chi connectivity index (χ3v) is 3.98. The Morgan fingerprint density at radius 1 is 1.21 bits per heavy atom. The lowest BCUT2D eigenvalue weighted by atomic mass is 9.95. The summed E-state index contributed by atoms with van der Waals surface area (Å²) in [7, 11) is 1.63. The van der Waals surface area contributed by atoms with Gasteiger partial charge in [0.15, 0.2) is 0 Å².